The fourth-order valence-electron chi connectivity index (χ4n) is 1.67. The molecule has 118 valence electrons. The van der Waals surface area contributed by atoms with Gasteiger partial charge in [-0.05, 0) is 23.6 Å². The number of anilines is 1. The first kappa shape index (κ1) is 16.7. The highest BCUT2D eigenvalue weighted by Crippen LogP contribution is 2.14. The summed E-state index contributed by atoms with van der Waals surface area (Å²) in [5.41, 5.74) is 7.46. The molecule has 1 heterocycles. The number of nitrogens with one attached hydrogen (secondary N) is 1. The van der Waals surface area contributed by atoms with Crippen LogP contribution in [0.2, 0.25) is 5.15 Å². The number of carbonyl (C=O) groups excluding carboxylic acids is 1. The largest absolute Gasteiger partial charge is 0.445 e. The number of carbonyl (C=O) groups is 1. The molecule has 1 amide bonds. The number of nitrogens with two attached hydrogens (primary N) is 1. The zero-order valence-corrected chi connectivity index (χ0v) is 13.1. The molecule has 0 aliphatic carbocycles. The van der Waals surface area contributed by atoms with Crippen molar-refractivity contribution in [1.29, 1.82) is 0 Å². The van der Waals surface area contributed by atoms with Crippen LogP contribution in [-0.2, 0) is 11.3 Å². The van der Waals surface area contributed by atoms with Gasteiger partial charge < -0.3 is 15.8 Å². The van der Waals surface area contributed by atoms with Crippen molar-refractivity contribution in [3.8, 4) is 11.8 Å². The minimum absolute atomic E-state index is 0.236. The molecule has 0 aliphatic heterocycles. The molecule has 2 aromatic rings. The molecule has 0 saturated heterocycles. The topological polar surface area (TPSA) is 77.2 Å². The minimum atomic E-state index is -0.468. The summed E-state index contributed by atoms with van der Waals surface area (Å²) in [6, 6.07) is 12.8. The predicted octanol–water partition coefficient (Wildman–Crippen LogP) is 2.99. The molecular formula is C17H16ClN3O2. The molecule has 5 nitrogen and oxygen atoms in total. The summed E-state index contributed by atoms with van der Waals surface area (Å²) in [7, 11) is 0. The van der Waals surface area contributed by atoms with E-state index >= 15 is 0 Å². The number of hydrogen-bond donors (Lipinski definition) is 2. The summed E-state index contributed by atoms with van der Waals surface area (Å²) >= 11 is 5.80. The van der Waals surface area contributed by atoms with Crippen molar-refractivity contribution >= 4 is 23.4 Å². The minimum Gasteiger partial charge on any atom is -0.445 e. The van der Waals surface area contributed by atoms with E-state index in [1.165, 1.54) is 0 Å². The Morgan fingerprint density at radius 3 is 2.78 bits per heavy atom. The van der Waals surface area contributed by atoms with E-state index in [2.05, 4.69) is 22.1 Å². The molecule has 3 N–H and O–H groups in total. The van der Waals surface area contributed by atoms with Crippen molar-refractivity contribution in [2.75, 3.05) is 12.3 Å². The van der Waals surface area contributed by atoms with Gasteiger partial charge in [0.1, 0.15) is 12.3 Å². The molecule has 0 saturated carbocycles. The summed E-state index contributed by atoms with van der Waals surface area (Å²) in [5, 5.41) is 2.87. The molecule has 0 atom stereocenters. The fourth-order valence-corrected chi connectivity index (χ4v) is 1.82. The second kappa shape index (κ2) is 8.66. The molecular weight excluding hydrogens is 314 g/mol. The number of nitrogen functional groups attached to an aromatic ring is 1. The lowest BCUT2D eigenvalue weighted by Crippen LogP contribution is -2.24. The number of pyridine rings is 1. The van der Waals surface area contributed by atoms with E-state index in [9.17, 15) is 4.79 Å². The van der Waals surface area contributed by atoms with Crippen molar-refractivity contribution in [3.05, 3.63) is 58.9 Å². The molecule has 0 bridgehead atoms. The van der Waals surface area contributed by atoms with Gasteiger partial charge in [0.15, 0.2) is 5.15 Å². The van der Waals surface area contributed by atoms with Crippen LogP contribution in [-0.4, -0.2) is 17.6 Å². The van der Waals surface area contributed by atoms with E-state index < -0.39 is 6.09 Å². The van der Waals surface area contributed by atoms with Gasteiger partial charge in [-0.25, -0.2) is 9.78 Å². The third-order valence-electron chi connectivity index (χ3n) is 2.83. The average Bonchev–Trinajstić information content (AvgIpc) is 2.57. The molecule has 1 aromatic heterocycles. The van der Waals surface area contributed by atoms with Gasteiger partial charge in [0, 0.05) is 13.0 Å². The monoisotopic (exact) mass is 329 g/mol. The lowest BCUT2D eigenvalue weighted by atomic mass is 10.2. The van der Waals surface area contributed by atoms with E-state index in [0.717, 1.165) is 5.56 Å². The molecule has 1 aromatic carbocycles. The number of nitrogens with zero attached hydrogens (tertiary/aromatic N) is 1. The number of ether oxygens (including phenoxy) is 1. The zero-order chi connectivity index (χ0) is 16.5. The van der Waals surface area contributed by atoms with Gasteiger partial charge in [0.05, 0.1) is 5.69 Å². The van der Waals surface area contributed by atoms with Crippen LogP contribution in [0.1, 0.15) is 17.7 Å². The van der Waals surface area contributed by atoms with Crippen LogP contribution in [0.25, 0.3) is 0 Å². The summed E-state index contributed by atoms with van der Waals surface area (Å²) in [4.78, 5) is 15.5. The Kier molecular flexibility index (Phi) is 6.28. The van der Waals surface area contributed by atoms with Crippen LogP contribution in [0.5, 0.6) is 0 Å². The molecule has 2 rings (SSSR count). The average molecular weight is 330 g/mol. The van der Waals surface area contributed by atoms with Crippen molar-refractivity contribution in [2.24, 2.45) is 0 Å². The maximum Gasteiger partial charge on any atom is 0.407 e. The van der Waals surface area contributed by atoms with Crippen molar-refractivity contribution in [1.82, 2.24) is 10.3 Å². The Bertz CT molecular complexity index is 724. The van der Waals surface area contributed by atoms with E-state index in [0.29, 0.717) is 24.3 Å². The summed E-state index contributed by atoms with van der Waals surface area (Å²) < 4.78 is 5.08. The zero-order valence-electron chi connectivity index (χ0n) is 12.4. The standard InChI is InChI=1S/C17H16ClN3O2/c18-16-15(19)10-9-14(21-16)8-4-5-11-20-17(22)23-12-13-6-2-1-3-7-13/h1-3,6-7,9-10H,5,11-12,19H2,(H,20,22). The summed E-state index contributed by atoms with van der Waals surface area (Å²) in [6.07, 6.45) is 0.00807. The molecule has 0 unspecified atom stereocenters. The first-order valence-electron chi connectivity index (χ1n) is 7.00. The van der Waals surface area contributed by atoms with E-state index in [1.54, 1.807) is 12.1 Å². The molecule has 0 fully saturated rings. The lowest BCUT2D eigenvalue weighted by molar-refractivity contribution is 0.140. The smallest absolute Gasteiger partial charge is 0.407 e. The first-order chi connectivity index (χ1) is 11.1. The number of alkyl carbamates (subject to hydrolysis) is 1. The Balaban J connectivity index is 1.68. The summed E-state index contributed by atoms with van der Waals surface area (Å²) in [6.45, 7) is 0.634. The Morgan fingerprint density at radius 2 is 2.04 bits per heavy atom. The molecule has 23 heavy (non-hydrogen) atoms. The van der Waals surface area contributed by atoms with Gasteiger partial charge >= 0.3 is 6.09 Å². The van der Waals surface area contributed by atoms with Gasteiger partial charge in [-0.15, -0.1) is 0 Å². The Morgan fingerprint density at radius 1 is 1.26 bits per heavy atom. The van der Waals surface area contributed by atoms with Crippen molar-refractivity contribution in [2.45, 2.75) is 13.0 Å². The molecule has 0 radical (unpaired) electrons. The summed E-state index contributed by atoms with van der Waals surface area (Å²) in [5.74, 6) is 5.75. The number of amides is 1. The normalized spacial score (nSPS) is 9.61. The van der Waals surface area contributed by atoms with Crippen LogP contribution in [0.3, 0.4) is 0 Å². The Labute approximate surface area is 139 Å². The van der Waals surface area contributed by atoms with E-state index in [-0.39, 0.29) is 11.8 Å². The van der Waals surface area contributed by atoms with Crippen molar-refractivity contribution < 1.29 is 9.53 Å². The first-order valence-corrected chi connectivity index (χ1v) is 7.38. The number of aromatic nitrogens is 1. The number of halogens is 1. The highest BCUT2D eigenvalue weighted by atomic mass is 35.5. The second-order valence-electron chi connectivity index (χ2n) is 4.62. The number of rotatable bonds is 4. The van der Waals surface area contributed by atoms with Gasteiger partial charge in [0.25, 0.3) is 0 Å². The molecule has 0 spiro atoms. The van der Waals surface area contributed by atoms with Gasteiger partial charge in [0.2, 0.25) is 0 Å². The number of benzene rings is 1. The van der Waals surface area contributed by atoms with Gasteiger partial charge in [-0.2, -0.15) is 0 Å². The van der Waals surface area contributed by atoms with Crippen LogP contribution in [0, 0.1) is 11.8 Å². The maximum absolute atomic E-state index is 11.5. The third kappa shape index (κ3) is 5.89. The van der Waals surface area contributed by atoms with Crippen LogP contribution < -0.4 is 11.1 Å². The Hall–Kier alpha value is -2.71. The van der Waals surface area contributed by atoms with Crippen LogP contribution in [0.15, 0.2) is 42.5 Å². The highest BCUT2D eigenvalue weighted by Gasteiger charge is 2.01. The second-order valence-corrected chi connectivity index (χ2v) is 4.97. The predicted molar refractivity (Wildman–Crippen MR) is 89.8 cm³/mol. The van der Waals surface area contributed by atoms with Crippen LogP contribution >= 0.6 is 11.6 Å². The maximum atomic E-state index is 11.5. The third-order valence-corrected chi connectivity index (χ3v) is 3.13. The quantitative estimate of drug-likeness (QED) is 0.513. The van der Waals surface area contributed by atoms with E-state index in [4.69, 9.17) is 22.1 Å². The highest BCUT2D eigenvalue weighted by molar-refractivity contribution is 6.31. The van der Waals surface area contributed by atoms with Crippen LogP contribution in [0.4, 0.5) is 10.5 Å². The van der Waals surface area contributed by atoms with E-state index in [1.807, 2.05) is 30.3 Å². The van der Waals surface area contributed by atoms with Crippen molar-refractivity contribution in [3.63, 3.8) is 0 Å². The molecule has 6 heteroatoms. The fraction of sp³-hybridized carbons (Fsp3) is 0.176. The lowest BCUT2D eigenvalue weighted by Gasteiger charge is -2.05. The number of hydrogen-bond acceptors (Lipinski definition) is 4. The SMILES string of the molecule is Nc1ccc(C#CCCNC(=O)OCc2ccccc2)nc1Cl. The molecule has 0 aliphatic rings. The van der Waals surface area contributed by atoms with Gasteiger partial charge in [-0.1, -0.05) is 47.9 Å². The van der Waals surface area contributed by atoms with Gasteiger partial charge in [-0.3, -0.25) is 0 Å².